The Morgan fingerprint density at radius 3 is 2.80 bits per heavy atom. The van der Waals surface area contributed by atoms with Gasteiger partial charge in [0.15, 0.2) is 5.96 Å². The van der Waals surface area contributed by atoms with Gasteiger partial charge in [0.2, 0.25) is 0 Å². The normalized spacial score (nSPS) is 14.9. The Balaban J connectivity index is 3.35. The number of nitrogens with two attached hydrogens (primary N) is 1. The zero-order valence-electron chi connectivity index (χ0n) is 6.39. The van der Waals surface area contributed by atoms with E-state index >= 15 is 0 Å². The maximum atomic E-state index is 12.5. The molecule has 10 heavy (non-hydrogen) atoms. The molecule has 1 atom stereocenters. The highest BCUT2D eigenvalue weighted by Crippen LogP contribution is 1.92. The quantitative estimate of drug-likeness (QED) is 0.444. The summed E-state index contributed by atoms with van der Waals surface area (Å²) in [4.78, 5) is 3.61. The molecule has 0 rings (SSSR count). The topological polar surface area (TPSA) is 50.4 Å². The first-order valence-corrected chi connectivity index (χ1v) is 3.30. The summed E-state index contributed by atoms with van der Waals surface area (Å²) >= 11 is 0. The number of halogens is 1. The summed E-state index contributed by atoms with van der Waals surface area (Å²) in [5.74, 6) is 0.288. The molecular weight excluding hydrogens is 133 g/mol. The molecule has 0 heterocycles. The lowest BCUT2D eigenvalue weighted by Gasteiger charge is -2.06. The summed E-state index contributed by atoms with van der Waals surface area (Å²) in [6.07, 6.45) is -0.329. The molecule has 0 saturated heterocycles. The third-order valence-corrected chi connectivity index (χ3v) is 1.19. The van der Waals surface area contributed by atoms with Crippen LogP contribution in [0.5, 0.6) is 0 Å². The Morgan fingerprint density at radius 2 is 2.40 bits per heavy atom. The molecule has 0 aliphatic heterocycles. The van der Waals surface area contributed by atoms with E-state index in [-0.39, 0.29) is 12.5 Å². The summed E-state index contributed by atoms with van der Waals surface area (Å²) in [6.45, 7) is 2.03. The predicted octanol–water partition coefficient (Wildman–Crippen LogP) is 0.269. The van der Waals surface area contributed by atoms with Gasteiger partial charge in [-0.25, -0.2) is 4.39 Å². The number of hydrogen-bond acceptors (Lipinski definition) is 1. The van der Waals surface area contributed by atoms with Gasteiger partial charge >= 0.3 is 0 Å². The average Bonchev–Trinajstić information content (AvgIpc) is 1.99. The molecule has 0 bridgehead atoms. The van der Waals surface area contributed by atoms with E-state index in [0.29, 0.717) is 6.42 Å². The van der Waals surface area contributed by atoms with Crippen molar-refractivity contribution in [3.8, 4) is 0 Å². The molecule has 4 heteroatoms. The first-order chi connectivity index (χ1) is 4.70. The van der Waals surface area contributed by atoms with Crippen molar-refractivity contribution in [2.75, 3.05) is 13.6 Å². The Morgan fingerprint density at radius 1 is 1.80 bits per heavy atom. The van der Waals surface area contributed by atoms with Crippen molar-refractivity contribution in [2.45, 2.75) is 19.5 Å². The molecule has 0 amide bonds. The maximum absolute atomic E-state index is 12.5. The number of aliphatic imine (C=N–C) groups is 1. The minimum absolute atomic E-state index is 0.250. The molecule has 0 aliphatic carbocycles. The van der Waals surface area contributed by atoms with Crippen LogP contribution in [0.4, 0.5) is 4.39 Å². The zero-order valence-corrected chi connectivity index (χ0v) is 6.39. The average molecular weight is 147 g/mol. The highest BCUT2D eigenvalue weighted by Gasteiger charge is 2.01. The lowest BCUT2D eigenvalue weighted by Crippen LogP contribution is -2.35. The zero-order chi connectivity index (χ0) is 7.98. The number of alkyl halides is 1. The highest BCUT2D eigenvalue weighted by molar-refractivity contribution is 5.77. The van der Waals surface area contributed by atoms with Crippen LogP contribution in [0.1, 0.15) is 13.3 Å². The summed E-state index contributed by atoms with van der Waals surface area (Å²) in [5, 5.41) is 2.64. The van der Waals surface area contributed by atoms with Crippen LogP contribution >= 0.6 is 0 Å². The number of hydrogen-bond donors (Lipinski definition) is 2. The van der Waals surface area contributed by atoms with E-state index in [1.54, 1.807) is 14.0 Å². The second-order valence-corrected chi connectivity index (χ2v) is 2.00. The molecule has 0 aliphatic rings. The van der Waals surface area contributed by atoms with E-state index in [9.17, 15) is 4.39 Å². The Labute approximate surface area is 60.5 Å². The number of nitrogens with zero attached hydrogens (tertiary/aromatic N) is 1. The van der Waals surface area contributed by atoms with Gasteiger partial charge in [0.25, 0.3) is 0 Å². The molecule has 0 spiro atoms. The van der Waals surface area contributed by atoms with Crippen molar-refractivity contribution >= 4 is 5.96 Å². The van der Waals surface area contributed by atoms with E-state index in [1.807, 2.05) is 0 Å². The van der Waals surface area contributed by atoms with Crippen LogP contribution < -0.4 is 11.1 Å². The standard InChI is InChI=1S/C6H14FN3/c1-3-5(7)4-10-6(8)9-2/h5H,3-4H2,1-2H3,(H3,8,9,10)/t5-/m0/s1. The maximum Gasteiger partial charge on any atom is 0.188 e. The summed E-state index contributed by atoms with van der Waals surface area (Å²) in [7, 11) is 1.56. The highest BCUT2D eigenvalue weighted by atomic mass is 19.1. The van der Waals surface area contributed by atoms with Crippen LogP contribution in [0.15, 0.2) is 4.99 Å². The second-order valence-electron chi connectivity index (χ2n) is 2.00. The molecule has 0 aromatic heterocycles. The Kier molecular flexibility index (Phi) is 4.62. The van der Waals surface area contributed by atoms with Gasteiger partial charge < -0.3 is 11.1 Å². The molecule has 0 aromatic rings. The van der Waals surface area contributed by atoms with Gasteiger partial charge in [-0.3, -0.25) is 4.99 Å². The van der Waals surface area contributed by atoms with Crippen LogP contribution in [0.2, 0.25) is 0 Å². The van der Waals surface area contributed by atoms with Gasteiger partial charge in [-0.15, -0.1) is 0 Å². The minimum atomic E-state index is -0.833. The van der Waals surface area contributed by atoms with Gasteiger partial charge in [-0.05, 0) is 6.42 Å². The SMILES string of the molecule is CC[C@H](F)CNC(N)=NC. The summed E-state index contributed by atoms with van der Waals surface area (Å²) in [6, 6.07) is 0. The van der Waals surface area contributed by atoms with Crippen LogP contribution in [0.3, 0.4) is 0 Å². The molecule has 0 fully saturated rings. The van der Waals surface area contributed by atoms with Crippen LogP contribution in [-0.4, -0.2) is 25.7 Å². The Bertz CT molecular complexity index is 114. The van der Waals surface area contributed by atoms with E-state index < -0.39 is 6.17 Å². The molecular formula is C6H14FN3. The summed E-state index contributed by atoms with van der Waals surface area (Å²) < 4.78 is 12.5. The smallest absolute Gasteiger partial charge is 0.188 e. The van der Waals surface area contributed by atoms with Gasteiger partial charge in [0, 0.05) is 13.6 Å². The first-order valence-electron chi connectivity index (χ1n) is 3.30. The van der Waals surface area contributed by atoms with E-state index in [0.717, 1.165) is 0 Å². The molecule has 0 radical (unpaired) electrons. The number of nitrogens with one attached hydrogen (secondary N) is 1. The predicted molar refractivity (Wildman–Crippen MR) is 40.7 cm³/mol. The van der Waals surface area contributed by atoms with Gasteiger partial charge in [-0.1, -0.05) is 6.92 Å². The van der Waals surface area contributed by atoms with Gasteiger partial charge in [-0.2, -0.15) is 0 Å². The second kappa shape index (κ2) is 5.02. The minimum Gasteiger partial charge on any atom is -0.370 e. The third kappa shape index (κ3) is 4.12. The van der Waals surface area contributed by atoms with Gasteiger partial charge in [0.05, 0.1) is 0 Å². The van der Waals surface area contributed by atoms with E-state index in [2.05, 4.69) is 10.3 Å². The van der Waals surface area contributed by atoms with Crippen molar-refractivity contribution in [2.24, 2.45) is 10.7 Å². The Hall–Kier alpha value is -0.800. The third-order valence-electron chi connectivity index (χ3n) is 1.19. The molecule has 0 saturated carbocycles. The molecule has 0 aromatic carbocycles. The molecule has 60 valence electrons. The molecule has 0 unspecified atom stereocenters. The first kappa shape index (κ1) is 9.20. The van der Waals surface area contributed by atoms with E-state index in [4.69, 9.17) is 5.73 Å². The number of guanidine groups is 1. The van der Waals surface area contributed by atoms with Crippen molar-refractivity contribution in [1.82, 2.24) is 5.32 Å². The van der Waals surface area contributed by atoms with Crippen LogP contribution in [-0.2, 0) is 0 Å². The van der Waals surface area contributed by atoms with Gasteiger partial charge in [0.1, 0.15) is 6.17 Å². The molecule has 3 nitrogen and oxygen atoms in total. The lowest BCUT2D eigenvalue weighted by atomic mass is 10.3. The fraction of sp³-hybridized carbons (Fsp3) is 0.833. The van der Waals surface area contributed by atoms with Crippen molar-refractivity contribution in [3.05, 3.63) is 0 Å². The van der Waals surface area contributed by atoms with Crippen LogP contribution in [0, 0.1) is 0 Å². The monoisotopic (exact) mass is 147 g/mol. The lowest BCUT2D eigenvalue weighted by molar-refractivity contribution is 0.323. The van der Waals surface area contributed by atoms with Crippen molar-refractivity contribution in [3.63, 3.8) is 0 Å². The summed E-state index contributed by atoms with van der Waals surface area (Å²) in [5.41, 5.74) is 5.25. The number of rotatable bonds is 3. The largest absolute Gasteiger partial charge is 0.370 e. The van der Waals surface area contributed by atoms with E-state index in [1.165, 1.54) is 0 Å². The van der Waals surface area contributed by atoms with Crippen LogP contribution in [0.25, 0.3) is 0 Å². The van der Waals surface area contributed by atoms with Crippen molar-refractivity contribution < 1.29 is 4.39 Å². The van der Waals surface area contributed by atoms with Crippen molar-refractivity contribution in [1.29, 1.82) is 0 Å². The fourth-order valence-electron chi connectivity index (χ4n) is 0.439. The fourth-order valence-corrected chi connectivity index (χ4v) is 0.439. The molecule has 3 N–H and O–H groups in total.